The predicted octanol–water partition coefficient (Wildman–Crippen LogP) is 2.16. The summed E-state index contributed by atoms with van der Waals surface area (Å²) in [6.45, 7) is 3.95. The Balaban J connectivity index is 1.49. The van der Waals surface area contributed by atoms with Gasteiger partial charge >= 0.3 is 0 Å². The summed E-state index contributed by atoms with van der Waals surface area (Å²) in [4.78, 5) is 16.6. The average Bonchev–Trinajstić information content (AvgIpc) is 3.24. The average molecular weight is 383 g/mol. The maximum Gasteiger partial charge on any atom is 0.264 e. The minimum Gasteiger partial charge on any atom is -0.507 e. The Morgan fingerprint density at radius 3 is 2.70 bits per heavy atom. The number of ether oxygens (including phenoxy) is 1. The van der Waals surface area contributed by atoms with Crippen molar-refractivity contribution in [2.24, 2.45) is 0 Å². The molecule has 0 saturated carbocycles. The predicted molar refractivity (Wildman–Crippen MR) is 107 cm³/mol. The number of hydrogen-bond acceptors (Lipinski definition) is 4. The number of quaternary nitrogens is 1. The monoisotopic (exact) mass is 383 g/mol. The first kappa shape index (κ1) is 17.8. The van der Waals surface area contributed by atoms with Crippen molar-refractivity contribution in [2.75, 3.05) is 33.3 Å². The summed E-state index contributed by atoms with van der Waals surface area (Å²) in [7, 11) is 1.65. The first-order chi connectivity index (χ1) is 13.2. The molecule has 27 heavy (non-hydrogen) atoms. The van der Waals surface area contributed by atoms with Crippen LogP contribution in [0, 0.1) is 0 Å². The molecule has 0 spiro atoms. The Hall–Kier alpha value is -2.57. The molecule has 6 heteroatoms. The van der Waals surface area contributed by atoms with Gasteiger partial charge in [-0.1, -0.05) is 18.2 Å². The number of benzene rings is 2. The highest BCUT2D eigenvalue weighted by atomic mass is 32.1. The van der Waals surface area contributed by atoms with Crippen molar-refractivity contribution in [3.8, 4) is 11.5 Å². The largest absolute Gasteiger partial charge is 0.507 e. The zero-order valence-corrected chi connectivity index (χ0v) is 16.1. The maximum absolute atomic E-state index is 12.5. The van der Waals surface area contributed by atoms with Gasteiger partial charge in [-0.15, -0.1) is 11.3 Å². The molecule has 1 amide bonds. The molecule has 2 N–H and O–H groups in total. The Labute approximate surface area is 162 Å². The second-order valence-corrected chi connectivity index (χ2v) is 7.79. The van der Waals surface area contributed by atoms with Crippen LogP contribution in [-0.4, -0.2) is 49.2 Å². The van der Waals surface area contributed by atoms with Crippen LogP contribution in [-0.2, 0) is 6.54 Å². The summed E-state index contributed by atoms with van der Waals surface area (Å²) in [6, 6.07) is 13.4. The van der Waals surface area contributed by atoms with Crippen LogP contribution in [0.25, 0.3) is 10.8 Å². The fourth-order valence-corrected chi connectivity index (χ4v) is 4.36. The zero-order chi connectivity index (χ0) is 18.8. The van der Waals surface area contributed by atoms with Crippen molar-refractivity contribution in [3.63, 3.8) is 0 Å². The smallest absolute Gasteiger partial charge is 0.264 e. The number of piperazine rings is 1. The van der Waals surface area contributed by atoms with Crippen LogP contribution in [0.5, 0.6) is 11.5 Å². The number of aromatic hydroxyl groups is 1. The van der Waals surface area contributed by atoms with Crippen LogP contribution in [0.1, 0.15) is 15.2 Å². The van der Waals surface area contributed by atoms with Gasteiger partial charge in [-0.2, -0.15) is 0 Å². The molecule has 0 aliphatic carbocycles. The van der Waals surface area contributed by atoms with E-state index in [0.717, 1.165) is 59.7 Å². The van der Waals surface area contributed by atoms with Gasteiger partial charge in [0.25, 0.3) is 5.91 Å². The maximum atomic E-state index is 12.5. The molecule has 140 valence electrons. The van der Waals surface area contributed by atoms with E-state index in [1.54, 1.807) is 13.2 Å². The molecule has 1 aliphatic rings. The van der Waals surface area contributed by atoms with E-state index in [0.29, 0.717) is 5.75 Å². The van der Waals surface area contributed by atoms with Crippen LogP contribution in [0.4, 0.5) is 0 Å². The Bertz CT molecular complexity index is 947. The van der Waals surface area contributed by atoms with Crippen LogP contribution >= 0.6 is 11.3 Å². The number of phenols is 1. The number of thiophene rings is 1. The molecule has 2 aromatic carbocycles. The summed E-state index contributed by atoms with van der Waals surface area (Å²) >= 11 is 1.49. The van der Waals surface area contributed by atoms with Crippen LogP contribution in [0.2, 0.25) is 0 Å². The molecule has 0 radical (unpaired) electrons. The number of nitrogens with one attached hydrogen (secondary N) is 1. The normalized spacial score (nSPS) is 15.2. The number of carbonyl (C=O) groups excluding carboxylic acids is 1. The fraction of sp³-hybridized carbons (Fsp3) is 0.286. The molecule has 3 aromatic rings. The molecule has 2 heterocycles. The molecule has 5 nitrogen and oxygen atoms in total. The van der Waals surface area contributed by atoms with Gasteiger partial charge in [0, 0.05) is 0 Å². The molecule has 1 fully saturated rings. The molecular weight excluding hydrogens is 360 g/mol. The number of phenolic OH excluding ortho intramolecular Hbond substituents is 1. The summed E-state index contributed by atoms with van der Waals surface area (Å²) in [6.07, 6.45) is 0. The molecule has 1 saturated heterocycles. The zero-order valence-electron chi connectivity index (χ0n) is 15.3. The number of carbonyl (C=O) groups is 1. The van der Waals surface area contributed by atoms with Gasteiger partial charge in [0.1, 0.15) is 18.0 Å². The van der Waals surface area contributed by atoms with Crippen LogP contribution in [0.3, 0.4) is 0 Å². The van der Waals surface area contributed by atoms with Crippen molar-refractivity contribution < 1.29 is 19.5 Å². The van der Waals surface area contributed by atoms with E-state index < -0.39 is 0 Å². The second kappa shape index (κ2) is 7.58. The number of nitrogens with zero attached hydrogens (tertiary/aromatic N) is 1. The highest BCUT2D eigenvalue weighted by Crippen LogP contribution is 2.29. The van der Waals surface area contributed by atoms with E-state index in [1.165, 1.54) is 16.2 Å². The van der Waals surface area contributed by atoms with Crippen LogP contribution in [0.15, 0.2) is 47.8 Å². The first-order valence-corrected chi connectivity index (χ1v) is 9.98. The van der Waals surface area contributed by atoms with E-state index in [9.17, 15) is 9.90 Å². The number of rotatable bonds is 4. The lowest BCUT2D eigenvalue weighted by Gasteiger charge is -2.32. The van der Waals surface area contributed by atoms with Crippen molar-refractivity contribution in [2.45, 2.75) is 6.54 Å². The van der Waals surface area contributed by atoms with Gasteiger partial charge < -0.3 is 19.6 Å². The molecule has 4 rings (SSSR count). The number of methoxy groups -OCH3 is 1. The number of fused-ring (bicyclic) bond motifs is 1. The highest BCUT2D eigenvalue weighted by Gasteiger charge is 2.26. The third kappa shape index (κ3) is 3.63. The van der Waals surface area contributed by atoms with Gasteiger partial charge in [-0.05, 0) is 40.4 Å². The van der Waals surface area contributed by atoms with Crippen molar-refractivity contribution in [1.82, 2.24) is 4.90 Å². The first-order valence-electron chi connectivity index (χ1n) is 9.10. The van der Waals surface area contributed by atoms with Gasteiger partial charge in [-0.3, -0.25) is 4.79 Å². The lowest BCUT2D eigenvalue weighted by Crippen LogP contribution is -3.13. The topological polar surface area (TPSA) is 54.2 Å². The van der Waals surface area contributed by atoms with E-state index in [-0.39, 0.29) is 5.91 Å². The quantitative estimate of drug-likeness (QED) is 0.726. The Morgan fingerprint density at radius 1 is 1.22 bits per heavy atom. The van der Waals surface area contributed by atoms with Crippen molar-refractivity contribution in [1.29, 1.82) is 0 Å². The third-order valence-electron chi connectivity index (χ3n) is 5.23. The van der Waals surface area contributed by atoms with Gasteiger partial charge in [0.2, 0.25) is 0 Å². The molecule has 0 atom stereocenters. The van der Waals surface area contributed by atoms with Gasteiger partial charge in [0.15, 0.2) is 0 Å². The van der Waals surface area contributed by atoms with E-state index >= 15 is 0 Å². The van der Waals surface area contributed by atoms with Crippen LogP contribution < -0.4 is 9.64 Å². The van der Waals surface area contributed by atoms with Gasteiger partial charge in [-0.25, -0.2) is 0 Å². The van der Waals surface area contributed by atoms with E-state index in [4.69, 9.17) is 4.74 Å². The molecule has 0 bridgehead atoms. The minimum atomic E-state index is 0.127. The Morgan fingerprint density at radius 2 is 2.00 bits per heavy atom. The van der Waals surface area contributed by atoms with Gasteiger partial charge in [0.05, 0.1) is 43.7 Å². The minimum absolute atomic E-state index is 0.127. The lowest BCUT2D eigenvalue weighted by molar-refractivity contribution is -0.917. The standard InChI is InChI=1S/C21H22N2O3S/c1-26-16-6-4-15-5-7-19(24)18(17(15)13-16)14-22-8-10-23(11-9-22)21(25)20-3-2-12-27-20/h2-7,12-13,24H,8-11,14H2,1H3/p+1. The highest BCUT2D eigenvalue weighted by molar-refractivity contribution is 7.12. The van der Waals surface area contributed by atoms with Crippen molar-refractivity contribution >= 4 is 28.0 Å². The second-order valence-electron chi connectivity index (χ2n) is 6.85. The number of amides is 1. The van der Waals surface area contributed by atoms with Crippen molar-refractivity contribution in [3.05, 3.63) is 58.3 Å². The summed E-state index contributed by atoms with van der Waals surface area (Å²) < 4.78 is 5.35. The molecule has 0 unspecified atom stereocenters. The summed E-state index contributed by atoms with van der Waals surface area (Å²) in [5, 5.41) is 14.5. The summed E-state index contributed by atoms with van der Waals surface area (Å²) in [5.41, 5.74) is 0.944. The van der Waals surface area contributed by atoms with E-state index in [2.05, 4.69) is 0 Å². The molecule has 1 aliphatic heterocycles. The summed E-state index contributed by atoms with van der Waals surface area (Å²) in [5.74, 6) is 1.23. The third-order valence-corrected chi connectivity index (χ3v) is 6.09. The molecular formula is C21H23N2O3S+. The lowest BCUT2D eigenvalue weighted by atomic mass is 10.0. The fourth-order valence-electron chi connectivity index (χ4n) is 3.67. The van der Waals surface area contributed by atoms with E-state index in [1.807, 2.05) is 46.7 Å². The number of hydrogen-bond donors (Lipinski definition) is 2. The Kier molecular flexibility index (Phi) is 5.01. The SMILES string of the molecule is COc1ccc2ccc(O)c(C[NH+]3CCN(C(=O)c4cccs4)CC3)c2c1. The molecule has 1 aromatic heterocycles.